The van der Waals surface area contributed by atoms with E-state index in [1.807, 2.05) is 6.92 Å². The standard InChI is InChI=1S/C21H22F3N7O3S/c1-12-28-16-7-6-14(9-17(16)34-12)29-20-27-11-15(21(22,23)24)18(30-20)26-10-13-5-4-8-25-19(13)31(2)35(3,32)33/h4-9,11-12,28H,10H2,1-3H3,(H2,26,27,29,30). The maximum Gasteiger partial charge on any atom is 0.421 e. The average molecular weight is 510 g/mol. The lowest BCUT2D eigenvalue weighted by atomic mass is 10.2. The number of anilines is 5. The molecule has 3 N–H and O–H groups in total. The summed E-state index contributed by atoms with van der Waals surface area (Å²) in [4.78, 5) is 11.9. The molecule has 2 aromatic heterocycles. The van der Waals surface area contributed by atoms with Crippen molar-refractivity contribution < 1.29 is 26.3 Å². The number of fused-ring (bicyclic) bond motifs is 1. The van der Waals surface area contributed by atoms with E-state index < -0.39 is 27.6 Å². The molecule has 1 aliphatic rings. The second-order valence-corrected chi connectivity index (χ2v) is 9.78. The van der Waals surface area contributed by atoms with Gasteiger partial charge in [0.15, 0.2) is 6.23 Å². The number of hydrogen-bond acceptors (Lipinski definition) is 9. The fourth-order valence-corrected chi connectivity index (χ4v) is 3.84. The summed E-state index contributed by atoms with van der Waals surface area (Å²) >= 11 is 0. The fourth-order valence-electron chi connectivity index (χ4n) is 3.36. The van der Waals surface area contributed by atoms with Crippen molar-refractivity contribution in [3.8, 4) is 5.75 Å². The lowest BCUT2D eigenvalue weighted by Gasteiger charge is -2.20. The van der Waals surface area contributed by atoms with Gasteiger partial charge in [0, 0.05) is 43.3 Å². The number of alkyl halides is 3. The molecular weight excluding hydrogens is 487 g/mol. The molecule has 1 unspecified atom stereocenters. The van der Waals surface area contributed by atoms with E-state index >= 15 is 0 Å². The molecule has 0 saturated heterocycles. The molecule has 0 radical (unpaired) electrons. The Morgan fingerprint density at radius 3 is 2.71 bits per heavy atom. The summed E-state index contributed by atoms with van der Waals surface area (Å²) in [5, 5.41) is 8.64. The maximum absolute atomic E-state index is 13.6. The number of aromatic nitrogens is 3. The van der Waals surface area contributed by atoms with E-state index in [4.69, 9.17) is 4.74 Å². The van der Waals surface area contributed by atoms with Crippen molar-refractivity contribution in [3.05, 3.63) is 53.9 Å². The van der Waals surface area contributed by atoms with Crippen LogP contribution in [-0.4, -0.2) is 42.9 Å². The lowest BCUT2D eigenvalue weighted by Crippen LogP contribution is -2.27. The van der Waals surface area contributed by atoms with Crippen LogP contribution in [0.5, 0.6) is 5.75 Å². The van der Waals surface area contributed by atoms with Crippen molar-refractivity contribution in [2.75, 3.05) is 33.6 Å². The summed E-state index contributed by atoms with van der Waals surface area (Å²) < 4.78 is 71.3. The van der Waals surface area contributed by atoms with Crippen LogP contribution in [0, 0.1) is 0 Å². The van der Waals surface area contributed by atoms with Gasteiger partial charge in [0.1, 0.15) is 22.9 Å². The summed E-state index contributed by atoms with van der Waals surface area (Å²) in [5.41, 5.74) is 0.610. The number of benzene rings is 1. The van der Waals surface area contributed by atoms with E-state index in [0.717, 1.165) is 16.2 Å². The number of pyridine rings is 1. The minimum atomic E-state index is -4.72. The molecule has 0 bridgehead atoms. The Morgan fingerprint density at radius 2 is 2.00 bits per heavy atom. The number of nitrogens with one attached hydrogen (secondary N) is 3. The molecular formula is C21H22F3N7O3S. The predicted octanol–water partition coefficient (Wildman–Crippen LogP) is 3.79. The Kier molecular flexibility index (Phi) is 6.32. The van der Waals surface area contributed by atoms with E-state index in [2.05, 4.69) is 30.9 Å². The predicted molar refractivity (Wildman–Crippen MR) is 125 cm³/mol. The molecule has 3 aromatic rings. The van der Waals surface area contributed by atoms with Gasteiger partial charge < -0.3 is 20.7 Å². The normalized spacial score (nSPS) is 15.1. The largest absolute Gasteiger partial charge is 0.469 e. The molecule has 0 spiro atoms. The van der Waals surface area contributed by atoms with Crippen molar-refractivity contribution in [1.29, 1.82) is 0 Å². The molecule has 10 nitrogen and oxygen atoms in total. The zero-order valence-electron chi connectivity index (χ0n) is 18.9. The van der Waals surface area contributed by atoms with Crippen LogP contribution >= 0.6 is 0 Å². The van der Waals surface area contributed by atoms with Gasteiger partial charge in [-0.25, -0.2) is 18.4 Å². The minimum Gasteiger partial charge on any atom is -0.469 e. The van der Waals surface area contributed by atoms with Crippen LogP contribution < -0.4 is 25.0 Å². The van der Waals surface area contributed by atoms with Gasteiger partial charge in [0.25, 0.3) is 0 Å². The summed E-state index contributed by atoms with van der Waals surface area (Å²) in [5.74, 6) is 0.134. The molecule has 0 amide bonds. The molecule has 4 rings (SSSR count). The second kappa shape index (κ2) is 9.09. The van der Waals surface area contributed by atoms with Gasteiger partial charge in [-0.05, 0) is 25.1 Å². The number of sulfonamides is 1. The van der Waals surface area contributed by atoms with Gasteiger partial charge in [-0.15, -0.1) is 0 Å². The van der Waals surface area contributed by atoms with Gasteiger partial charge in [0.05, 0.1) is 11.9 Å². The topological polar surface area (TPSA) is 121 Å². The first-order valence-corrected chi connectivity index (χ1v) is 12.2. The lowest BCUT2D eigenvalue weighted by molar-refractivity contribution is -0.137. The van der Waals surface area contributed by atoms with Crippen molar-refractivity contribution >= 4 is 39.0 Å². The molecule has 186 valence electrons. The van der Waals surface area contributed by atoms with Crippen LogP contribution in [-0.2, 0) is 22.7 Å². The zero-order valence-corrected chi connectivity index (χ0v) is 19.7. The highest BCUT2D eigenvalue weighted by molar-refractivity contribution is 7.92. The number of nitrogens with zero attached hydrogens (tertiary/aromatic N) is 4. The first-order valence-electron chi connectivity index (χ1n) is 10.3. The number of halogens is 3. The van der Waals surface area contributed by atoms with Crippen molar-refractivity contribution in [1.82, 2.24) is 15.0 Å². The number of ether oxygens (including phenoxy) is 1. The third-order valence-corrected chi connectivity index (χ3v) is 6.27. The molecule has 35 heavy (non-hydrogen) atoms. The maximum atomic E-state index is 13.6. The van der Waals surface area contributed by atoms with Crippen molar-refractivity contribution in [2.45, 2.75) is 25.9 Å². The Hall–Kier alpha value is -3.81. The van der Waals surface area contributed by atoms with Crippen LogP contribution in [0.25, 0.3) is 0 Å². The average Bonchev–Trinajstić information content (AvgIpc) is 3.15. The molecule has 1 aromatic carbocycles. The van der Waals surface area contributed by atoms with Gasteiger partial charge in [-0.3, -0.25) is 4.31 Å². The first kappa shape index (κ1) is 24.3. The van der Waals surface area contributed by atoms with E-state index in [1.165, 1.54) is 13.2 Å². The highest BCUT2D eigenvalue weighted by Crippen LogP contribution is 2.36. The van der Waals surface area contributed by atoms with Crippen LogP contribution in [0.1, 0.15) is 18.1 Å². The van der Waals surface area contributed by atoms with Crippen LogP contribution in [0.4, 0.5) is 42.1 Å². The van der Waals surface area contributed by atoms with E-state index in [1.54, 1.807) is 30.3 Å². The molecule has 1 atom stereocenters. The molecule has 0 aliphatic carbocycles. The minimum absolute atomic E-state index is 0.0703. The van der Waals surface area contributed by atoms with Crippen molar-refractivity contribution in [3.63, 3.8) is 0 Å². The van der Waals surface area contributed by atoms with Gasteiger partial charge in [-0.2, -0.15) is 18.2 Å². The molecule has 1 aliphatic heterocycles. The Balaban J connectivity index is 1.60. The highest BCUT2D eigenvalue weighted by atomic mass is 32.2. The summed E-state index contributed by atoms with van der Waals surface area (Å²) in [6.07, 6.45) is -1.84. The summed E-state index contributed by atoms with van der Waals surface area (Å²) in [6.45, 7) is 1.67. The SMILES string of the molecule is CC1Nc2ccc(Nc3ncc(C(F)(F)F)c(NCc4cccnc4N(C)S(C)(=O)=O)n3)cc2O1. The third-order valence-electron chi connectivity index (χ3n) is 5.10. The van der Waals surface area contributed by atoms with Crippen LogP contribution in [0.15, 0.2) is 42.7 Å². The smallest absolute Gasteiger partial charge is 0.421 e. The highest BCUT2D eigenvalue weighted by Gasteiger charge is 2.35. The second-order valence-electron chi connectivity index (χ2n) is 7.76. The van der Waals surface area contributed by atoms with Crippen molar-refractivity contribution in [2.24, 2.45) is 0 Å². The monoisotopic (exact) mass is 509 g/mol. The Bertz CT molecular complexity index is 1350. The van der Waals surface area contributed by atoms with Crippen LogP contribution in [0.3, 0.4) is 0 Å². The van der Waals surface area contributed by atoms with Gasteiger partial charge in [-0.1, -0.05) is 6.07 Å². The molecule has 3 heterocycles. The first-order chi connectivity index (χ1) is 16.4. The number of hydrogen-bond donors (Lipinski definition) is 3. The Morgan fingerprint density at radius 1 is 1.23 bits per heavy atom. The van der Waals surface area contributed by atoms with E-state index in [9.17, 15) is 21.6 Å². The molecule has 14 heteroatoms. The van der Waals surface area contributed by atoms with Gasteiger partial charge >= 0.3 is 6.18 Å². The summed E-state index contributed by atoms with van der Waals surface area (Å²) in [7, 11) is -2.32. The molecule has 0 saturated carbocycles. The molecule has 0 fully saturated rings. The zero-order chi connectivity index (χ0) is 25.4. The third kappa shape index (κ3) is 5.48. The van der Waals surface area contributed by atoms with E-state index in [-0.39, 0.29) is 24.5 Å². The van der Waals surface area contributed by atoms with Gasteiger partial charge in [0.2, 0.25) is 16.0 Å². The van der Waals surface area contributed by atoms with E-state index in [0.29, 0.717) is 23.2 Å². The number of rotatable bonds is 7. The Labute approximate surface area is 199 Å². The van der Waals surface area contributed by atoms with Crippen LogP contribution in [0.2, 0.25) is 0 Å². The fraction of sp³-hybridized carbons (Fsp3) is 0.286. The summed E-state index contributed by atoms with van der Waals surface area (Å²) in [6, 6.07) is 8.28. The quantitative estimate of drug-likeness (QED) is 0.437.